The van der Waals surface area contributed by atoms with Crippen LogP contribution in [0.1, 0.15) is 81.7 Å². The third-order valence-corrected chi connectivity index (χ3v) is 9.77. The van der Waals surface area contributed by atoms with Crippen LogP contribution in [0.2, 0.25) is 0 Å². The molecular weight excluding hydrogens is 572 g/mol. The lowest BCUT2D eigenvalue weighted by molar-refractivity contribution is -0.0384. The molecule has 1 saturated heterocycles. The zero-order valence-corrected chi connectivity index (χ0v) is 25.7. The van der Waals surface area contributed by atoms with E-state index < -0.39 is 11.4 Å². The molecule has 7 rings (SSSR count). The first kappa shape index (κ1) is 29.4. The first-order valence-electron chi connectivity index (χ1n) is 15.9. The highest BCUT2D eigenvalue weighted by Crippen LogP contribution is 2.47. The Balaban J connectivity index is 1.21. The highest BCUT2D eigenvalue weighted by molar-refractivity contribution is 5.80. The summed E-state index contributed by atoms with van der Waals surface area (Å²) in [5.74, 6) is 0.361. The van der Waals surface area contributed by atoms with Crippen molar-refractivity contribution < 1.29 is 14.4 Å². The lowest BCUT2D eigenvalue weighted by atomic mass is 9.77. The number of aliphatic hydroxyl groups is 1. The maximum atomic E-state index is 14.4. The second-order valence-corrected chi connectivity index (χ2v) is 12.6. The fourth-order valence-corrected chi connectivity index (χ4v) is 7.30. The van der Waals surface area contributed by atoms with Crippen molar-refractivity contribution in [1.29, 1.82) is 0 Å². The van der Waals surface area contributed by atoms with Crippen molar-refractivity contribution in [2.75, 3.05) is 6.61 Å². The summed E-state index contributed by atoms with van der Waals surface area (Å²) in [6.45, 7) is 4.48. The molecule has 2 N–H and O–H groups in total. The van der Waals surface area contributed by atoms with Gasteiger partial charge in [-0.1, -0.05) is 74.0 Å². The second-order valence-electron chi connectivity index (χ2n) is 12.6. The van der Waals surface area contributed by atoms with Crippen molar-refractivity contribution in [2.24, 2.45) is 0 Å². The van der Waals surface area contributed by atoms with Crippen molar-refractivity contribution in [3.63, 3.8) is 0 Å². The largest absolute Gasteiger partial charge is 0.439 e. The molecule has 234 valence electrons. The van der Waals surface area contributed by atoms with Gasteiger partial charge in [0.1, 0.15) is 6.33 Å². The van der Waals surface area contributed by atoms with Gasteiger partial charge in [-0.25, -0.2) is 9.31 Å². The lowest BCUT2D eigenvalue weighted by Crippen LogP contribution is -2.40. The van der Waals surface area contributed by atoms with E-state index in [0.717, 1.165) is 65.6 Å². The zero-order chi connectivity index (χ0) is 31.2. The Morgan fingerprint density at radius 1 is 1.04 bits per heavy atom. The highest BCUT2D eigenvalue weighted by atomic mass is 16.5. The number of benzene rings is 2. The number of aromatic amines is 1. The van der Waals surface area contributed by atoms with Crippen LogP contribution in [0.15, 0.2) is 69.0 Å². The first-order valence-corrected chi connectivity index (χ1v) is 15.9. The summed E-state index contributed by atoms with van der Waals surface area (Å²) < 4.78 is 14.7. The first-order chi connectivity index (χ1) is 21.8. The molecule has 11 nitrogen and oxygen atoms in total. The smallest absolute Gasteiger partial charge is 0.387 e. The summed E-state index contributed by atoms with van der Waals surface area (Å²) in [4.78, 5) is 33.2. The third kappa shape index (κ3) is 5.33. The molecule has 1 saturated carbocycles. The average molecular weight is 611 g/mol. The van der Waals surface area contributed by atoms with E-state index in [1.54, 1.807) is 0 Å². The molecule has 3 aromatic heterocycles. The molecule has 1 unspecified atom stereocenters. The number of rotatable bonds is 8. The van der Waals surface area contributed by atoms with Gasteiger partial charge in [0.25, 0.3) is 5.56 Å². The number of hydrogen-bond donors (Lipinski definition) is 2. The molecule has 2 fully saturated rings. The van der Waals surface area contributed by atoms with Gasteiger partial charge in [-0.05, 0) is 55.2 Å². The Kier molecular flexibility index (Phi) is 7.53. The van der Waals surface area contributed by atoms with Gasteiger partial charge in [0.15, 0.2) is 5.82 Å². The Hall–Kier alpha value is -4.35. The topological polar surface area (TPSA) is 141 Å². The van der Waals surface area contributed by atoms with Crippen molar-refractivity contribution in [1.82, 2.24) is 29.3 Å². The molecule has 45 heavy (non-hydrogen) atoms. The number of H-pyrrole nitrogens is 1. The number of nitrogens with one attached hydrogen (secondary N) is 1. The Morgan fingerprint density at radius 3 is 2.47 bits per heavy atom. The average Bonchev–Trinajstić information content (AvgIpc) is 3.80. The summed E-state index contributed by atoms with van der Waals surface area (Å²) in [7, 11) is 0. The second kappa shape index (κ2) is 11.5. The summed E-state index contributed by atoms with van der Waals surface area (Å²) in [5.41, 5.74) is 4.18. The van der Waals surface area contributed by atoms with Gasteiger partial charge < -0.3 is 9.84 Å². The predicted molar refractivity (Wildman–Crippen MR) is 168 cm³/mol. The molecule has 4 heterocycles. The minimum atomic E-state index is -0.758. The molecule has 0 bridgehead atoms. The van der Waals surface area contributed by atoms with Gasteiger partial charge >= 0.3 is 5.76 Å². The maximum Gasteiger partial charge on any atom is 0.439 e. The molecule has 1 aliphatic carbocycles. The van der Waals surface area contributed by atoms with E-state index in [-0.39, 0.29) is 17.2 Å². The van der Waals surface area contributed by atoms with Crippen LogP contribution in [0.5, 0.6) is 0 Å². The van der Waals surface area contributed by atoms with Gasteiger partial charge in [-0.15, -0.1) is 0 Å². The van der Waals surface area contributed by atoms with Gasteiger partial charge in [0.05, 0.1) is 23.5 Å². The molecule has 2 aliphatic rings. The monoisotopic (exact) mass is 610 g/mol. The Labute approximate surface area is 259 Å². The van der Waals surface area contributed by atoms with E-state index >= 15 is 0 Å². The molecule has 1 aliphatic heterocycles. The van der Waals surface area contributed by atoms with E-state index in [1.165, 1.54) is 6.33 Å². The molecule has 1 atom stereocenters. The molecular formula is C34H38N6O5. The number of hydrogen-bond acceptors (Lipinski definition) is 8. The quantitative estimate of drug-likeness (QED) is 0.254. The van der Waals surface area contributed by atoms with E-state index in [1.807, 2.05) is 64.5 Å². The van der Waals surface area contributed by atoms with Gasteiger partial charge in [-0.3, -0.25) is 18.9 Å². The van der Waals surface area contributed by atoms with Gasteiger partial charge in [-0.2, -0.15) is 10.1 Å². The number of aromatic nitrogens is 6. The Bertz CT molecular complexity index is 1950. The van der Waals surface area contributed by atoms with E-state index in [0.29, 0.717) is 43.9 Å². The summed E-state index contributed by atoms with van der Waals surface area (Å²) >= 11 is 0. The minimum absolute atomic E-state index is 0.0123. The van der Waals surface area contributed by atoms with Crippen LogP contribution in [0, 0.1) is 0 Å². The lowest BCUT2D eigenvalue weighted by Gasteiger charge is -2.37. The number of nitrogens with zero attached hydrogens (tertiary/aromatic N) is 5. The molecule has 0 amide bonds. The van der Waals surface area contributed by atoms with Crippen molar-refractivity contribution in [3.8, 4) is 22.5 Å². The number of ether oxygens (including phenoxy) is 1. The Morgan fingerprint density at radius 2 is 1.80 bits per heavy atom. The van der Waals surface area contributed by atoms with Crippen molar-refractivity contribution >= 4 is 5.78 Å². The predicted octanol–water partition coefficient (Wildman–Crippen LogP) is 4.86. The molecule has 5 aromatic rings. The van der Waals surface area contributed by atoms with Crippen LogP contribution in [-0.2, 0) is 17.6 Å². The molecule has 2 aromatic carbocycles. The molecule has 0 radical (unpaired) electrons. The van der Waals surface area contributed by atoms with Crippen LogP contribution in [0.25, 0.3) is 28.3 Å². The number of aryl methyl sites for hydroxylation is 1. The van der Waals surface area contributed by atoms with Crippen molar-refractivity contribution in [3.05, 3.63) is 92.6 Å². The van der Waals surface area contributed by atoms with Crippen LogP contribution in [0.4, 0.5) is 0 Å². The number of fused-ring (bicyclic) bond motifs is 1. The normalized spacial score (nSPS) is 23.3. The van der Waals surface area contributed by atoms with Crippen LogP contribution in [-0.4, -0.2) is 52.2 Å². The van der Waals surface area contributed by atoms with Gasteiger partial charge in [0, 0.05) is 30.0 Å². The van der Waals surface area contributed by atoms with Crippen LogP contribution < -0.4 is 11.3 Å². The summed E-state index contributed by atoms with van der Waals surface area (Å²) in [6, 6.07) is 15.8. The maximum absolute atomic E-state index is 14.4. The SMILES string of the molecule is CCCc1c(Cc2ccc(-c3ccccc3-c3noc(=O)[nH]3)cc2)c(=O)n([C@H]2CC[C@]3(CC2)CC(O)(CC)CO3)c2ncnn12. The van der Waals surface area contributed by atoms with Crippen molar-refractivity contribution in [2.45, 2.75) is 88.9 Å². The van der Waals surface area contributed by atoms with Crippen LogP contribution in [0.3, 0.4) is 0 Å². The van der Waals surface area contributed by atoms with Gasteiger partial charge in [0.2, 0.25) is 5.78 Å². The fraction of sp³-hybridized carbons (Fsp3) is 0.441. The highest BCUT2D eigenvalue weighted by Gasteiger charge is 2.49. The van der Waals surface area contributed by atoms with Crippen LogP contribution >= 0.6 is 0 Å². The van der Waals surface area contributed by atoms with E-state index in [2.05, 4.69) is 27.1 Å². The van der Waals surface area contributed by atoms with E-state index in [4.69, 9.17) is 9.26 Å². The summed E-state index contributed by atoms with van der Waals surface area (Å²) in [6.07, 6.45) is 8.05. The molecule has 1 spiro atoms. The fourth-order valence-electron chi connectivity index (χ4n) is 7.30. The zero-order valence-electron chi connectivity index (χ0n) is 25.7. The van der Waals surface area contributed by atoms with E-state index in [9.17, 15) is 14.7 Å². The molecule has 11 heteroatoms. The minimum Gasteiger partial charge on any atom is -0.387 e. The third-order valence-electron chi connectivity index (χ3n) is 9.77. The standard InChI is InChI=1S/C34H38N6O5/c1-3-7-28-27(18-22-10-12-23(13-11-22)25-8-5-6-9-26(25)29-37-32(42)45-38-29)30(41)39(31-35-21-36-40(28)31)24-14-16-34(17-15-24)19-33(43,4-2)20-44-34/h5-6,8-13,21,24,43H,3-4,7,14-20H2,1-2H3,(H,37,38,42)/t24-,33?,34-. The summed E-state index contributed by atoms with van der Waals surface area (Å²) in [5, 5.41) is 19.3.